The number of amides is 2. The molecular formula is C22H27N3O6S. The lowest BCUT2D eigenvalue weighted by molar-refractivity contribution is -0.134. The zero-order valence-electron chi connectivity index (χ0n) is 18.2. The molecule has 1 aliphatic rings. The molecule has 172 valence electrons. The van der Waals surface area contributed by atoms with E-state index in [0.717, 1.165) is 43.7 Å². The number of carbonyl (C=O) groups excluding carboxylic acids is 3. The molecule has 2 heterocycles. The highest BCUT2D eigenvalue weighted by molar-refractivity contribution is 7.14. The third-order valence-electron chi connectivity index (χ3n) is 4.77. The highest BCUT2D eigenvalue weighted by Gasteiger charge is 2.19. The summed E-state index contributed by atoms with van der Waals surface area (Å²) in [5.41, 5.74) is 0.473. The molecule has 1 saturated heterocycles. The molecule has 32 heavy (non-hydrogen) atoms. The Labute approximate surface area is 190 Å². The number of anilines is 1. The van der Waals surface area contributed by atoms with Crippen molar-refractivity contribution >= 4 is 34.3 Å². The minimum atomic E-state index is -0.538. The van der Waals surface area contributed by atoms with Crippen LogP contribution in [-0.2, 0) is 9.53 Å². The maximum Gasteiger partial charge on any atom is 0.357 e. The van der Waals surface area contributed by atoms with Gasteiger partial charge in [0.15, 0.2) is 28.9 Å². The van der Waals surface area contributed by atoms with E-state index >= 15 is 0 Å². The lowest BCUT2D eigenvalue weighted by atomic mass is 10.1. The Balaban J connectivity index is 1.64. The summed E-state index contributed by atoms with van der Waals surface area (Å²) in [6.45, 7) is 5.58. The average Bonchev–Trinajstić information content (AvgIpc) is 3.27. The van der Waals surface area contributed by atoms with E-state index in [-0.39, 0.29) is 29.9 Å². The summed E-state index contributed by atoms with van der Waals surface area (Å²) >= 11 is 1.13. The molecule has 10 heteroatoms. The quantitative estimate of drug-likeness (QED) is 0.571. The molecule has 2 aromatic rings. The Bertz CT molecular complexity index is 955. The van der Waals surface area contributed by atoms with Crippen LogP contribution in [0.3, 0.4) is 0 Å². The molecule has 9 nitrogen and oxygen atoms in total. The number of piperidine rings is 1. The van der Waals surface area contributed by atoms with Crippen LogP contribution >= 0.6 is 11.3 Å². The molecule has 1 aromatic carbocycles. The van der Waals surface area contributed by atoms with Gasteiger partial charge in [-0.15, -0.1) is 11.3 Å². The predicted molar refractivity (Wildman–Crippen MR) is 120 cm³/mol. The summed E-state index contributed by atoms with van der Waals surface area (Å²) in [6.07, 6.45) is 3.17. The maximum atomic E-state index is 12.6. The molecule has 0 atom stereocenters. The van der Waals surface area contributed by atoms with Gasteiger partial charge in [-0.1, -0.05) is 0 Å². The first-order valence-corrected chi connectivity index (χ1v) is 11.5. The first kappa shape index (κ1) is 23.5. The van der Waals surface area contributed by atoms with Crippen molar-refractivity contribution in [3.8, 4) is 11.5 Å². The van der Waals surface area contributed by atoms with Crippen molar-refractivity contribution < 1.29 is 28.6 Å². The lowest BCUT2D eigenvalue weighted by Crippen LogP contribution is -2.38. The van der Waals surface area contributed by atoms with Gasteiger partial charge in [0, 0.05) is 24.0 Å². The molecule has 0 radical (unpaired) electrons. The van der Waals surface area contributed by atoms with E-state index in [1.165, 1.54) is 5.38 Å². The smallest absolute Gasteiger partial charge is 0.357 e. The lowest BCUT2D eigenvalue weighted by Gasteiger charge is -2.26. The predicted octanol–water partition coefficient (Wildman–Crippen LogP) is 3.36. The topological polar surface area (TPSA) is 107 Å². The van der Waals surface area contributed by atoms with Gasteiger partial charge < -0.3 is 19.1 Å². The van der Waals surface area contributed by atoms with Gasteiger partial charge in [-0.05, 0) is 51.3 Å². The number of thiazole rings is 1. The Hall–Kier alpha value is -3.14. The molecule has 3 rings (SSSR count). The standard InChI is InChI=1S/C22H27N3O6S/c1-3-29-18-12-15(20(27)24-22-23-16(14-32-22)21(28)30-4-2)8-9-17(18)31-13-19(26)25-10-6-5-7-11-25/h8-9,12,14H,3-7,10-11,13H2,1-2H3,(H,23,24,27). The van der Waals surface area contributed by atoms with E-state index in [1.807, 2.05) is 11.8 Å². The summed E-state index contributed by atoms with van der Waals surface area (Å²) in [4.78, 5) is 42.6. The third kappa shape index (κ3) is 6.19. The highest BCUT2D eigenvalue weighted by Crippen LogP contribution is 2.29. The van der Waals surface area contributed by atoms with Crippen LogP contribution < -0.4 is 14.8 Å². The number of carbonyl (C=O) groups is 3. The van der Waals surface area contributed by atoms with Crippen LogP contribution in [0.1, 0.15) is 54.0 Å². The number of benzene rings is 1. The van der Waals surface area contributed by atoms with Crippen LogP contribution in [0.25, 0.3) is 0 Å². The fourth-order valence-electron chi connectivity index (χ4n) is 3.21. The SMILES string of the molecule is CCOC(=O)c1csc(NC(=O)c2ccc(OCC(=O)N3CCCCC3)c(OCC)c2)n1. The van der Waals surface area contributed by atoms with E-state index in [9.17, 15) is 14.4 Å². The summed E-state index contributed by atoms with van der Waals surface area (Å²) in [5.74, 6) is -0.240. The van der Waals surface area contributed by atoms with Crippen molar-refractivity contribution in [3.63, 3.8) is 0 Å². The van der Waals surface area contributed by atoms with Gasteiger partial charge in [-0.2, -0.15) is 0 Å². The van der Waals surface area contributed by atoms with Gasteiger partial charge in [0.1, 0.15) is 0 Å². The normalized spacial score (nSPS) is 13.4. The van der Waals surface area contributed by atoms with Crippen molar-refractivity contribution in [1.82, 2.24) is 9.88 Å². The monoisotopic (exact) mass is 461 g/mol. The Morgan fingerprint density at radius 1 is 1.06 bits per heavy atom. The fourth-order valence-corrected chi connectivity index (χ4v) is 3.89. The van der Waals surface area contributed by atoms with Crippen molar-refractivity contribution in [1.29, 1.82) is 0 Å². The van der Waals surface area contributed by atoms with Gasteiger partial charge >= 0.3 is 5.97 Å². The van der Waals surface area contributed by atoms with E-state index in [0.29, 0.717) is 23.7 Å². The Morgan fingerprint density at radius 3 is 2.56 bits per heavy atom. The van der Waals surface area contributed by atoms with Crippen LogP contribution in [-0.4, -0.2) is 60.6 Å². The number of hydrogen-bond donors (Lipinski definition) is 1. The largest absolute Gasteiger partial charge is 0.490 e. The van der Waals surface area contributed by atoms with E-state index in [4.69, 9.17) is 14.2 Å². The zero-order valence-corrected chi connectivity index (χ0v) is 19.0. The number of esters is 1. The summed E-state index contributed by atoms with van der Waals surface area (Å²) in [7, 11) is 0. The number of likely N-dealkylation sites (tertiary alicyclic amines) is 1. The number of hydrogen-bond acceptors (Lipinski definition) is 8. The summed E-state index contributed by atoms with van der Waals surface area (Å²) in [6, 6.07) is 4.74. The Morgan fingerprint density at radius 2 is 1.84 bits per heavy atom. The molecule has 1 N–H and O–H groups in total. The molecule has 2 amide bonds. The first-order valence-electron chi connectivity index (χ1n) is 10.6. The molecule has 1 fully saturated rings. The number of ether oxygens (including phenoxy) is 3. The average molecular weight is 462 g/mol. The van der Waals surface area contributed by atoms with Crippen LogP contribution in [0, 0.1) is 0 Å². The third-order valence-corrected chi connectivity index (χ3v) is 5.53. The summed E-state index contributed by atoms with van der Waals surface area (Å²) in [5, 5.41) is 4.47. The first-order chi connectivity index (χ1) is 15.5. The van der Waals surface area contributed by atoms with Gasteiger partial charge in [-0.3, -0.25) is 14.9 Å². The minimum Gasteiger partial charge on any atom is -0.490 e. The second-order valence-electron chi connectivity index (χ2n) is 7.04. The van der Waals surface area contributed by atoms with Gasteiger partial charge in [-0.25, -0.2) is 9.78 Å². The molecule has 0 saturated carbocycles. The Kier molecular flexibility index (Phi) is 8.43. The molecular weight excluding hydrogens is 434 g/mol. The molecule has 0 unspecified atom stereocenters. The molecule has 0 aliphatic carbocycles. The number of nitrogens with one attached hydrogen (secondary N) is 1. The molecule has 0 bridgehead atoms. The number of aromatic nitrogens is 1. The van der Waals surface area contributed by atoms with E-state index < -0.39 is 11.9 Å². The van der Waals surface area contributed by atoms with Crippen molar-refractivity contribution in [2.24, 2.45) is 0 Å². The highest BCUT2D eigenvalue weighted by atomic mass is 32.1. The van der Waals surface area contributed by atoms with Crippen molar-refractivity contribution in [3.05, 3.63) is 34.8 Å². The van der Waals surface area contributed by atoms with E-state index in [2.05, 4.69) is 10.3 Å². The van der Waals surface area contributed by atoms with Crippen LogP contribution in [0.15, 0.2) is 23.6 Å². The number of nitrogens with zero attached hydrogens (tertiary/aromatic N) is 2. The van der Waals surface area contributed by atoms with Gasteiger partial charge in [0.05, 0.1) is 13.2 Å². The molecule has 1 aliphatic heterocycles. The maximum absolute atomic E-state index is 12.6. The van der Waals surface area contributed by atoms with Gasteiger partial charge in [0.25, 0.3) is 11.8 Å². The molecule has 0 spiro atoms. The van der Waals surface area contributed by atoms with Crippen LogP contribution in [0.2, 0.25) is 0 Å². The second-order valence-corrected chi connectivity index (χ2v) is 7.90. The molecule has 1 aromatic heterocycles. The van der Waals surface area contributed by atoms with Crippen molar-refractivity contribution in [2.45, 2.75) is 33.1 Å². The fraction of sp³-hybridized carbons (Fsp3) is 0.455. The van der Waals surface area contributed by atoms with Crippen LogP contribution in [0.4, 0.5) is 5.13 Å². The zero-order chi connectivity index (χ0) is 22.9. The number of rotatable bonds is 9. The minimum absolute atomic E-state index is 0.0601. The second kappa shape index (κ2) is 11.5. The van der Waals surface area contributed by atoms with Crippen LogP contribution in [0.5, 0.6) is 11.5 Å². The van der Waals surface area contributed by atoms with Gasteiger partial charge in [0.2, 0.25) is 0 Å². The van der Waals surface area contributed by atoms with E-state index in [1.54, 1.807) is 25.1 Å². The van der Waals surface area contributed by atoms with Crippen molar-refractivity contribution in [2.75, 3.05) is 38.2 Å². The summed E-state index contributed by atoms with van der Waals surface area (Å²) < 4.78 is 16.2.